The molecule has 0 aliphatic carbocycles. The molecule has 1 aromatic rings. The van der Waals surface area contributed by atoms with Gasteiger partial charge in [-0.2, -0.15) is 0 Å². The van der Waals surface area contributed by atoms with Gasteiger partial charge in [-0.1, -0.05) is 24.3 Å². The van der Waals surface area contributed by atoms with E-state index in [1.807, 2.05) is 24.3 Å². The topological polar surface area (TPSA) is 43.2 Å². The summed E-state index contributed by atoms with van der Waals surface area (Å²) in [5.74, 6) is 0.0187. The Labute approximate surface area is 84.5 Å². The Kier molecular flexibility index (Phi) is 3.98. The Bertz CT molecular complexity index is 293. The molecule has 1 amide bonds. The molecule has 1 N–H and O–H groups in total. The lowest BCUT2D eigenvalue weighted by Gasteiger charge is -2.13. The van der Waals surface area contributed by atoms with Crippen LogP contribution in [0, 0.1) is 0 Å². The van der Waals surface area contributed by atoms with Crippen LogP contribution < -0.4 is 5.32 Å². The van der Waals surface area contributed by atoms with E-state index in [1.54, 1.807) is 7.05 Å². The maximum Gasteiger partial charge on any atom is 0.216 e. The van der Waals surface area contributed by atoms with E-state index in [4.69, 9.17) is 0 Å². The van der Waals surface area contributed by atoms with Gasteiger partial charge in [-0.05, 0) is 12.0 Å². The lowest BCUT2D eigenvalue weighted by Crippen LogP contribution is -2.22. The number of carbonyl (C=O) groups is 1. The maximum atomic E-state index is 10.6. The summed E-state index contributed by atoms with van der Waals surface area (Å²) < 4.78 is 0. The molecule has 0 saturated heterocycles. The molecular weight excluding hydrogens is 176 g/mol. The van der Waals surface area contributed by atoms with Crippen molar-refractivity contribution in [3.8, 4) is 0 Å². The predicted octanol–water partition coefficient (Wildman–Crippen LogP) is 2.00. The van der Waals surface area contributed by atoms with Crippen molar-refractivity contribution in [3.05, 3.63) is 35.1 Å². The van der Waals surface area contributed by atoms with Crippen molar-refractivity contribution in [2.24, 2.45) is 0 Å². The molecule has 1 aromatic carbocycles. The van der Waals surface area contributed by atoms with E-state index in [0.29, 0.717) is 6.54 Å². The summed E-state index contributed by atoms with van der Waals surface area (Å²) in [4.78, 5) is 10.6. The largest absolute Gasteiger partial charge is 0.687 e. The van der Waals surface area contributed by atoms with Crippen LogP contribution >= 0.6 is 0 Å². The van der Waals surface area contributed by atoms with Crippen molar-refractivity contribution in [2.45, 2.75) is 13.3 Å². The molecule has 0 aliphatic rings. The summed E-state index contributed by atoms with van der Waals surface area (Å²) in [7, 11) is 1.77. The highest BCUT2D eigenvalue weighted by atomic mass is 16.1. The van der Waals surface area contributed by atoms with Gasteiger partial charge in [0.25, 0.3) is 0 Å². The zero-order valence-electron chi connectivity index (χ0n) is 8.58. The summed E-state index contributed by atoms with van der Waals surface area (Å²) in [5.41, 5.74) is 2.19. The summed E-state index contributed by atoms with van der Waals surface area (Å²) in [5, 5.41) is 6.81. The van der Waals surface area contributed by atoms with Gasteiger partial charge < -0.3 is 10.6 Å². The highest BCUT2D eigenvalue weighted by Gasteiger charge is 1.92. The molecule has 0 unspecified atom stereocenters. The quantitative estimate of drug-likeness (QED) is 0.777. The molecule has 0 radical (unpaired) electrons. The van der Waals surface area contributed by atoms with Crippen molar-refractivity contribution in [1.29, 1.82) is 0 Å². The average molecular weight is 191 g/mol. The number of hydrogen-bond donors (Lipinski definition) is 1. The molecule has 0 bridgehead atoms. The van der Waals surface area contributed by atoms with Crippen LogP contribution in [0.3, 0.4) is 0 Å². The fourth-order valence-corrected chi connectivity index (χ4v) is 1.19. The van der Waals surface area contributed by atoms with E-state index in [2.05, 4.69) is 10.6 Å². The van der Waals surface area contributed by atoms with E-state index >= 15 is 0 Å². The Morgan fingerprint density at radius 1 is 1.36 bits per heavy atom. The molecule has 1 rings (SSSR count). The Balaban J connectivity index is 2.40. The standard InChI is InChI=1S/C11H15N2O/c1-9(14)13-8-7-10-3-5-11(12-2)6-4-10/h3-6H,7-8H2,1-2H3,(H,13,14)/q-1. The average Bonchev–Trinajstić information content (AvgIpc) is 2.18. The first-order chi connectivity index (χ1) is 6.72. The lowest BCUT2D eigenvalue weighted by atomic mass is 10.1. The Morgan fingerprint density at radius 3 is 2.50 bits per heavy atom. The molecule has 0 fully saturated rings. The first-order valence-electron chi connectivity index (χ1n) is 4.65. The molecule has 0 atom stereocenters. The number of benzene rings is 1. The van der Waals surface area contributed by atoms with Gasteiger partial charge in [0.2, 0.25) is 5.91 Å². The first-order valence-corrected chi connectivity index (χ1v) is 4.65. The van der Waals surface area contributed by atoms with Gasteiger partial charge >= 0.3 is 0 Å². The molecule has 76 valence electrons. The van der Waals surface area contributed by atoms with Crippen LogP contribution in [0.25, 0.3) is 5.32 Å². The number of nitrogens with zero attached hydrogens (tertiary/aromatic N) is 1. The van der Waals surface area contributed by atoms with Crippen LogP contribution in [0.4, 0.5) is 5.69 Å². The maximum absolute atomic E-state index is 10.6. The second-order valence-electron chi connectivity index (χ2n) is 3.12. The van der Waals surface area contributed by atoms with E-state index in [9.17, 15) is 4.79 Å². The summed E-state index contributed by atoms with van der Waals surface area (Å²) in [6.07, 6.45) is 0.865. The highest BCUT2D eigenvalue weighted by molar-refractivity contribution is 5.72. The zero-order chi connectivity index (χ0) is 10.4. The molecule has 0 spiro atoms. The van der Waals surface area contributed by atoms with Gasteiger partial charge in [-0.25, -0.2) is 0 Å². The van der Waals surface area contributed by atoms with Crippen molar-refractivity contribution in [2.75, 3.05) is 13.6 Å². The minimum absolute atomic E-state index is 0.0187. The van der Waals surface area contributed by atoms with Crippen molar-refractivity contribution < 1.29 is 4.79 Å². The minimum atomic E-state index is 0.0187. The Morgan fingerprint density at radius 2 is 2.00 bits per heavy atom. The number of amides is 1. The molecule has 14 heavy (non-hydrogen) atoms. The third-order valence-corrected chi connectivity index (χ3v) is 1.98. The van der Waals surface area contributed by atoms with Crippen LogP contribution in [0.5, 0.6) is 0 Å². The van der Waals surface area contributed by atoms with Gasteiger partial charge in [-0.3, -0.25) is 4.79 Å². The van der Waals surface area contributed by atoms with Gasteiger partial charge in [0.1, 0.15) is 0 Å². The molecular formula is C11H15N2O-. The van der Waals surface area contributed by atoms with Crippen LogP contribution in [-0.4, -0.2) is 19.5 Å². The minimum Gasteiger partial charge on any atom is -0.687 e. The van der Waals surface area contributed by atoms with E-state index in [-0.39, 0.29) is 5.91 Å². The normalized spacial score (nSPS) is 9.57. The second-order valence-corrected chi connectivity index (χ2v) is 3.12. The van der Waals surface area contributed by atoms with E-state index in [0.717, 1.165) is 12.1 Å². The van der Waals surface area contributed by atoms with Crippen LogP contribution in [0.1, 0.15) is 12.5 Å². The van der Waals surface area contributed by atoms with Crippen LogP contribution in [0.2, 0.25) is 0 Å². The molecule has 0 aliphatic heterocycles. The summed E-state index contributed by atoms with van der Waals surface area (Å²) in [6.45, 7) is 2.22. The van der Waals surface area contributed by atoms with Crippen molar-refractivity contribution in [3.63, 3.8) is 0 Å². The first kappa shape index (κ1) is 10.6. The predicted molar refractivity (Wildman–Crippen MR) is 57.8 cm³/mol. The van der Waals surface area contributed by atoms with E-state index < -0.39 is 0 Å². The molecule has 3 nitrogen and oxygen atoms in total. The number of nitrogens with one attached hydrogen (secondary N) is 1. The van der Waals surface area contributed by atoms with Gasteiger partial charge in [-0.15, -0.1) is 12.7 Å². The monoisotopic (exact) mass is 191 g/mol. The van der Waals surface area contributed by atoms with E-state index in [1.165, 1.54) is 12.5 Å². The van der Waals surface area contributed by atoms with Gasteiger partial charge in [0.15, 0.2) is 0 Å². The third kappa shape index (κ3) is 3.47. The fourth-order valence-electron chi connectivity index (χ4n) is 1.19. The molecule has 0 aromatic heterocycles. The van der Waals surface area contributed by atoms with Gasteiger partial charge in [0, 0.05) is 13.5 Å². The molecule has 3 heteroatoms. The summed E-state index contributed by atoms with van der Waals surface area (Å²) in [6, 6.07) is 8.01. The highest BCUT2D eigenvalue weighted by Crippen LogP contribution is 2.15. The number of carbonyl (C=O) groups excluding carboxylic acids is 1. The zero-order valence-corrected chi connectivity index (χ0v) is 8.58. The second kappa shape index (κ2) is 5.27. The van der Waals surface area contributed by atoms with Gasteiger partial charge in [0.05, 0.1) is 0 Å². The third-order valence-electron chi connectivity index (χ3n) is 1.98. The Hall–Kier alpha value is -1.51. The van der Waals surface area contributed by atoms with Crippen molar-refractivity contribution >= 4 is 11.6 Å². The number of hydrogen-bond acceptors (Lipinski definition) is 1. The van der Waals surface area contributed by atoms with Crippen LogP contribution in [0.15, 0.2) is 24.3 Å². The molecule has 0 heterocycles. The van der Waals surface area contributed by atoms with Crippen LogP contribution in [-0.2, 0) is 11.2 Å². The fraction of sp³-hybridized carbons (Fsp3) is 0.364. The SMILES string of the molecule is C[N-]c1ccc(CCNC(C)=O)cc1. The summed E-state index contributed by atoms with van der Waals surface area (Å²) >= 11 is 0. The smallest absolute Gasteiger partial charge is 0.216 e. The molecule has 0 saturated carbocycles. The lowest BCUT2D eigenvalue weighted by molar-refractivity contribution is -0.118. The number of rotatable bonds is 4. The van der Waals surface area contributed by atoms with Crippen molar-refractivity contribution in [1.82, 2.24) is 5.32 Å².